The fourth-order valence-electron chi connectivity index (χ4n) is 1.85. The maximum absolute atomic E-state index is 6.19. The molecule has 0 unspecified atom stereocenters. The molecule has 64 valence electrons. The van der Waals surface area contributed by atoms with Gasteiger partial charge in [-0.3, -0.25) is 0 Å². The van der Waals surface area contributed by atoms with Crippen molar-refractivity contribution in [3.63, 3.8) is 0 Å². The molecule has 0 bridgehead atoms. The Bertz CT molecular complexity index is 252. The lowest BCUT2D eigenvalue weighted by molar-refractivity contribution is 0.446. The highest BCUT2D eigenvalue weighted by Gasteiger charge is 2.32. The van der Waals surface area contributed by atoms with Crippen molar-refractivity contribution in [2.45, 2.75) is 31.2 Å². The van der Waals surface area contributed by atoms with Crippen LogP contribution in [0.15, 0.2) is 18.6 Å². The van der Waals surface area contributed by atoms with E-state index < -0.39 is 0 Å². The lowest BCUT2D eigenvalue weighted by Crippen LogP contribution is -2.34. The fraction of sp³-hybridized carbons (Fsp3) is 0.556. The molecule has 1 aliphatic rings. The van der Waals surface area contributed by atoms with E-state index in [1.165, 1.54) is 12.8 Å². The molecular formula is C9H13N3. The summed E-state index contributed by atoms with van der Waals surface area (Å²) >= 11 is 0. The predicted molar refractivity (Wildman–Crippen MR) is 46.4 cm³/mol. The second-order valence-corrected chi connectivity index (χ2v) is 3.46. The highest BCUT2D eigenvalue weighted by atomic mass is 14.9. The largest absolute Gasteiger partial charge is 0.320 e. The minimum Gasteiger partial charge on any atom is -0.320 e. The molecule has 0 amide bonds. The van der Waals surface area contributed by atoms with Crippen LogP contribution >= 0.6 is 0 Å². The van der Waals surface area contributed by atoms with Gasteiger partial charge >= 0.3 is 0 Å². The molecule has 1 fully saturated rings. The molecule has 3 nitrogen and oxygen atoms in total. The average molecular weight is 163 g/mol. The molecule has 1 aliphatic carbocycles. The topological polar surface area (TPSA) is 51.8 Å². The van der Waals surface area contributed by atoms with Gasteiger partial charge in [-0.15, -0.1) is 0 Å². The normalized spacial score (nSPS) is 21.1. The van der Waals surface area contributed by atoms with E-state index >= 15 is 0 Å². The Balaban J connectivity index is 2.29. The molecule has 1 heterocycles. The standard InChI is InChI=1S/C9H13N3/c10-9(4-1-2-5-9)8-3-6-11-7-12-8/h3,6-7H,1-2,4-5,10H2. The van der Waals surface area contributed by atoms with E-state index in [-0.39, 0.29) is 5.54 Å². The summed E-state index contributed by atoms with van der Waals surface area (Å²) in [4.78, 5) is 8.08. The van der Waals surface area contributed by atoms with Gasteiger partial charge in [-0.2, -0.15) is 0 Å². The van der Waals surface area contributed by atoms with Gasteiger partial charge in [0.1, 0.15) is 6.33 Å². The van der Waals surface area contributed by atoms with E-state index in [1.807, 2.05) is 6.07 Å². The summed E-state index contributed by atoms with van der Waals surface area (Å²) in [5, 5.41) is 0. The molecule has 0 saturated heterocycles. The Morgan fingerprint density at radius 2 is 2.08 bits per heavy atom. The van der Waals surface area contributed by atoms with Gasteiger partial charge in [0.05, 0.1) is 11.2 Å². The lowest BCUT2D eigenvalue weighted by Gasteiger charge is -2.21. The van der Waals surface area contributed by atoms with Crippen molar-refractivity contribution in [3.8, 4) is 0 Å². The Kier molecular flexibility index (Phi) is 1.81. The molecule has 1 saturated carbocycles. The van der Waals surface area contributed by atoms with Crippen LogP contribution in [0.1, 0.15) is 31.4 Å². The second kappa shape index (κ2) is 2.83. The smallest absolute Gasteiger partial charge is 0.115 e. The molecule has 2 rings (SSSR count). The first kappa shape index (κ1) is 7.68. The van der Waals surface area contributed by atoms with Crippen molar-refractivity contribution < 1.29 is 0 Å². The van der Waals surface area contributed by atoms with E-state index in [0.717, 1.165) is 18.5 Å². The monoisotopic (exact) mass is 163 g/mol. The highest BCUT2D eigenvalue weighted by Crippen LogP contribution is 2.34. The van der Waals surface area contributed by atoms with Crippen molar-refractivity contribution >= 4 is 0 Å². The predicted octanol–water partition coefficient (Wildman–Crippen LogP) is 1.20. The SMILES string of the molecule is NC1(c2ccncn2)CCCC1. The fourth-order valence-corrected chi connectivity index (χ4v) is 1.85. The van der Waals surface area contributed by atoms with Gasteiger partial charge in [-0.25, -0.2) is 9.97 Å². The molecule has 0 aromatic carbocycles. The van der Waals surface area contributed by atoms with E-state index in [9.17, 15) is 0 Å². The van der Waals surface area contributed by atoms with Gasteiger partial charge in [0.15, 0.2) is 0 Å². The molecule has 0 radical (unpaired) electrons. The Morgan fingerprint density at radius 1 is 1.33 bits per heavy atom. The zero-order valence-corrected chi connectivity index (χ0v) is 7.03. The molecule has 0 spiro atoms. The van der Waals surface area contributed by atoms with Crippen LogP contribution in [-0.2, 0) is 5.54 Å². The van der Waals surface area contributed by atoms with E-state index in [0.29, 0.717) is 0 Å². The molecule has 0 aliphatic heterocycles. The van der Waals surface area contributed by atoms with E-state index in [2.05, 4.69) is 9.97 Å². The number of aromatic nitrogens is 2. The first-order valence-corrected chi connectivity index (χ1v) is 4.37. The number of nitrogens with two attached hydrogens (primary N) is 1. The first-order valence-electron chi connectivity index (χ1n) is 4.37. The maximum atomic E-state index is 6.19. The van der Waals surface area contributed by atoms with Crippen LogP contribution in [-0.4, -0.2) is 9.97 Å². The molecule has 2 N–H and O–H groups in total. The third kappa shape index (κ3) is 1.20. The van der Waals surface area contributed by atoms with Crippen molar-refractivity contribution in [1.29, 1.82) is 0 Å². The van der Waals surface area contributed by atoms with Crippen LogP contribution in [0.2, 0.25) is 0 Å². The summed E-state index contributed by atoms with van der Waals surface area (Å²) in [5.74, 6) is 0. The van der Waals surface area contributed by atoms with Crippen LogP contribution in [0.5, 0.6) is 0 Å². The molecule has 1 aromatic rings. The zero-order valence-electron chi connectivity index (χ0n) is 7.03. The van der Waals surface area contributed by atoms with Crippen molar-refractivity contribution in [3.05, 3.63) is 24.3 Å². The van der Waals surface area contributed by atoms with E-state index in [1.54, 1.807) is 12.5 Å². The minimum atomic E-state index is -0.164. The third-order valence-electron chi connectivity index (χ3n) is 2.59. The number of nitrogens with zero attached hydrogens (tertiary/aromatic N) is 2. The van der Waals surface area contributed by atoms with Crippen molar-refractivity contribution in [2.75, 3.05) is 0 Å². The van der Waals surface area contributed by atoms with Crippen LogP contribution in [0.4, 0.5) is 0 Å². The summed E-state index contributed by atoms with van der Waals surface area (Å²) in [6.45, 7) is 0. The average Bonchev–Trinajstić information content (AvgIpc) is 2.55. The zero-order chi connectivity index (χ0) is 8.44. The van der Waals surface area contributed by atoms with Gasteiger partial charge in [-0.1, -0.05) is 12.8 Å². The number of hydrogen-bond acceptors (Lipinski definition) is 3. The van der Waals surface area contributed by atoms with Crippen molar-refractivity contribution in [2.24, 2.45) is 5.73 Å². The van der Waals surface area contributed by atoms with Gasteiger partial charge in [0.2, 0.25) is 0 Å². The third-order valence-corrected chi connectivity index (χ3v) is 2.59. The first-order chi connectivity index (χ1) is 5.81. The van der Waals surface area contributed by atoms with E-state index in [4.69, 9.17) is 5.73 Å². The minimum absolute atomic E-state index is 0.164. The highest BCUT2D eigenvalue weighted by molar-refractivity contribution is 5.13. The van der Waals surface area contributed by atoms with Gasteiger partial charge < -0.3 is 5.73 Å². The Hall–Kier alpha value is -0.960. The summed E-state index contributed by atoms with van der Waals surface area (Å²) < 4.78 is 0. The summed E-state index contributed by atoms with van der Waals surface area (Å²) in [6, 6.07) is 1.92. The summed E-state index contributed by atoms with van der Waals surface area (Å²) in [7, 11) is 0. The Morgan fingerprint density at radius 3 is 2.67 bits per heavy atom. The van der Waals surface area contributed by atoms with Gasteiger partial charge in [0.25, 0.3) is 0 Å². The molecule has 3 heteroatoms. The number of rotatable bonds is 1. The van der Waals surface area contributed by atoms with Crippen molar-refractivity contribution in [1.82, 2.24) is 9.97 Å². The van der Waals surface area contributed by atoms with Crippen LogP contribution in [0, 0.1) is 0 Å². The van der Waals surface area contributed by atoms with Gasteiger partial charge in [0, 0.05) is 6.20 Å². The lowest BCUT2D eigenvalue weighted by atomic mass is 9.95. The summed E-state index contributed by atoms with van der Waals surface area (Å²) in [6.07, 6.45) is 7.90. The number of hydrogen-bond donors (Lipinski definition) is 1. The Labute approximate surface area is 72.0 Å². The molecular weight excluding hydrogens is 150 g/mol. The summed E-state index contributed by atoms with van der Waals surface area (Å²) in [5.41, 5.74) is 7.02. The van der Waals surface area contributed by atoms with Crippen LogP contribution in [0.3, 0.4) is 0 Å². The van der Waals surface area contributed by atoms with Gasteiger partial charge in [-0.05, 0) is 18.9 Å². The molecule has 1 aromatic heterocycles. The molecule has 0 atom stereocenters. The van der Waals surface area contributed by atoms with Crippen LogP contribution < -0.4 is 5.73 Å². The quantitative estimate of drug-likeness (QED) is 0.677. The molecule has 12 heavy (non-hydrogen) atoms. The van der Waals surface area contributed by atoms with Crippen LogP contribution in [0.25, 0.3) is 0 Å². The second-order valence-electron chi connectivity index (χ2n) is 3.46. The maximum Gasteiger partial charge on any atom is 0.115 e.